The molecule has 8 nitrogen and oxygen atoms in total. The molecule has 1 aromatic carbocycles. The molecule has 0 saturated carbocycles. The summed E-state index contributed by atoms with van der Waals surface area (Å²) in [6.07, 6.45) is 0. The number of anilines is 2. The molecule has 0 aliphatic rings. The van der Waals surface area contributed by atoms with Crippen molar-refractivity contribution >= 4 is 29.1 Å². The standard InChI is InChI=1S/C19H23N5O3/c1-13(25)21-14-7-9-15(10-8-14)22-19(27)17-6-4-5-16(23-17)18(26)20-11-12-24(2)3/h4-10H,11-12H2,1-3H3,(H,20,26)(H,21,25)(H,22,27). The molecule has 3 amide bonds. The molecule has 0 aliphatic heterocycles. The van der Waals surface area contributed by atoms with Crippen LogP contribution in [0.25, 0.3) is 0 Å². The van der Waals surface area contributed by atoms with Gasteiger partial charge in [-0.3, -0.25) is 14.4 Å². The third-order valence-electron chi connectivity index (χ3n) is 3.52. The first-order valence-corrected chi connectivity index (χ1v) is 8.44. The van der Waals surface area contributed by atoms with Crippen LogP contribution in [0.4, 0.5) is 11.4 Å². The number of pyridine rings is 1. The second-order valence-corrected chi connectivity index (χ2v) is 6.18. The zero-order valence-corrected chi connectivity index (χ0v) is 15.6. The Morgan fingerprint density at radius 3 is 2.00 bits per heavy atom. The van der Waals surface area contributed by atoms with Crippen LogP contribution in [-0.2, 0) is 4.79 Å². The Kier molecular flexibility index (Phi) is 7.01. The van der Waals surface area contributed by atoms with Gasteiger partial charge < -0.3 is 20.9 Å². The molecule has 1 heterocycles. The summed E-state index contributed by atoms with van der Waals surface area (Å²) in [6.45, 7) is 2.62. The van der Waals surface area contributed by atoms with Gasteiger partial charge in [-0.2, -0.15) is 0 Å². The van der Waals surface area contributed by atoms with Crippen LogP contribution in [0, 0.1) is 0 Å². The summed E-state index contributed by atoms with van der Waals surface area (Å²) in [5.74, 6) is -0.923. The maximum absolute atomic E-state index is 12.4. The first-order valence-electron chi connectivity index (χ1n) is 8.44. The average molecular weight is 369 g/mol. The Bertz CT molecular complexity index is 818. The van der Waals surface area contributed by atoms with E-state index in [0.717, 1.165) is 0 Å². The summed E-state index contributed by atoms with van der Waals surface area (Å²) in [6, 6.07) is 11.4. The average Bonchev–Trinajstić information content (AvgIpc) is 2.62. The number of hydrogen-bond acceptors (Lipinski definition) is 5. The minimum atomic E-state index is -0.426. The van der Waals surface area contributed by atoms with Gasteiger partial charge in [-0.05, 0) is 50.5 Å². The molecule has 2 aromatic rings. The predicted octanol–water partition coefficient (Wildman–Crippen LogP) is 1.58. The number of amides is 3. The second-order valence-electron chi connectivity index (χ2n) is 6.18. The molecular weight excluding hydrogens is 346 g/mol. The van der Waals surface area contributed by atoms with Crippen molar-refractivity contribution < 1.29 is 14.4 Å². The first kappa shape index (κ1) is 20.1. The highest BCUT2D eigenvalue weighted by Gasteiger charge is 2.12. The van der Waals surface area contributed by atoms with Crippen LogP contribution in [-0.4, -0.2) is 54.8 Å². The van der Waals surface area contributed by atoms with Gasteiger partial charge in [-0.1, -0.05) is 6.07 Å². The Hall–Kier alpha value is -3.26. The van der Waals surface area contributed by atoms with E-state index in [1.54, 1.807) is 36.4 Å². The van der Waals surface area contributed by atoms with Gasteiger partial charge in [0.05, 0.1) is 0 Å². The van der Waals surface area contributed by atoms with Gasteiger partial charge in [-0.15, -0.1) is 0 Å². The highest BCUT2D eigenvalue weighted by molar-refractivity contribution is 6.04. The zero-order valence-electron chi connectivity index (χ0n) is 15.6. The molecule has 8 heteroatoms. The lowest BCUT2D eigenvalue weighted by molar-refractivity contribution is -0.114. The SMILES string of the molecule is CC(=O)Nc1ccc(NC(=O)c2cccc(C(=O)NCCN(C)C)n2)cc1. The van der Waals surface area contributed by atoms with E-state index in [1.165, 1.54) is 13.0 Å². The van der Waals surface area contributed by atoms with Gasteiger partial charge in [0, 0.05) is 31.4 Å². The fourth-order valence-corrected chi connectivity index (χ4v) is 2.21. The number of nitrogens with one attached hydrogen (secondary N) is 3. The van der Waals surface area contributed by atoms with Gasteiger partial charge in [0.25, 0.3) is 11.8 Å². The number of nitrogens with zero attached hydrogens (tertiary/aromatic N) is 2. The monoisotopic (exact) mass is 369 g/mol. The molecule has 0 saturated heterocycles. The topological polar surface area (TPSA) is 103 Å². The lowest BCUT2D eigenvalue weighted by atomic mass is 10.2. The van der Waals surface area contributed by atoms with Crippen molar-refractivity contribution in [2.24, 2.45) is 0 Å². The van der Waals surface area contributed by atoms with Crippen LogP contribution < -0.4 is 16.0 Å². The third-order valence-corrected chi connectivity index (χ3v) is 3.52. The molecule has 0 fully saturated rings. The van der Waals surface area contributed by atoms with Crippen molar-refractivity contribution in [3.63, 3.8) is 0 Å². The van der Waals surface area contributed by atoms with Crippen molar-refractivity contribution in [2.45, 2.75) is 6.92 Å². The summed E-state index contributed by atoms with van der Waals surface area (Å²) in [4.78, 5) is 41.6. The van der Waals surface area contributed by atoms with Gasteiger partial charge in [0.15, 0.2) is 0 Å². The summed E-state index contributed by atoms with van der Waals surface area (Å²) in [7, 11) is 3.83. The van der Waals surface area contributed by atoms with Crippen LogP contribution in [0.2, 0.25) is 0 Å². The van der Waals surface area contributed by atoms with E-state index >= 15 is 0 Å². The molecule has 0 atom stereocenters. The molecule has 3 N–H and O–H groups in total. The number of likely N-dealkylation sites (N-methyl/N-ethyl adjacent to an activating group) is 1. The van der Waals surface area contributed by atoms with Crippen LogP contribution >= 0.6 is 0 Å². The van der Waals surface area contributed by atoms with E-state index in [9.17, 15) is 14.4 Å². The van der Waals surface area contributed by atoms with E-state index in [1.807, 2.05) is 19.0 Å². The number of benzene rings is 1. The Balaban J connectivity index is 2.00. The van der Waals surface area contributed by atoms with Gasteiger partial charge in [0.2, 0.25) is 5.91 Å². The molecule has 27 heavy (non-hydrogen) atoms. The lowest BCUT2D eigenvalue weighted by Crippen LogP contribution is -2.32. The molecule has 2 rings (SSSR count). The maximum Gasteiger partial charge on any atom is 0.274 e. The molecule has 142 valence electrons. The van der Waals surface area contributed by atoms with Crippen molar-refractivity contribution in [3.8, 4) is 0 Å². The van der Waals surface area contributed by atoms with Crippen LogP contribution in [0.15, 0.2) is 42.5 Å². The Labute approximate surface area is 158 Å². The Morgan fingerprint density at radius 1 is 0.889 bits per heavy atom. The fourth-order valence-electron chi connectivity index (χ4n) is 2.21. The second kappa shape index (κ2) is 9.44. The third kappa shape index (κ3) is 6.52. The molecule has 0 spiro atoms. The first-order chi connectivity index (χ1) is 12.8. The molecule has 0 bridgehead atoms. The summed E-state index contributed by atoms with van der Waals surface area (Å²) >= 11 is 0. The fraction of sp³-hybridized carbons (Fsp3) is 0.263. The van der Waals surface area contributed by atoms with E-state index < -0.39 is 5.91 Å². The van der Waals surface area contributed by atoms with Crippen molar-refractivity contribution in [3.05, 3.63) is 53.9 Å². The molecule has 0 aliphatic carbocycles. The van der Waals surface area contributed by atoms with Crippen LogP contribution in [0.3, 0.4) is 0 Å². The van der Waals surface area contributed by atoms with Crippen LogP contribution in [0.5, 0.6) is 0 Å². The van der Waals surface area contributed by atoms with Crippen molar-refractivity contribution in [1.29, 1.82) is 0 Å². The molecule has 0 unspecified atom stereocenters. The normalized spacial score (nSPS) is 10.4. The van der Waals surface area contributed by atoms with Gasteiger partial charge >= 0.3 is 0 Å². The minimum absolute atomic E-state index is 0.140. The van der Waals surface area contributed by atoms with Gasteiger partial charge in [0.1, 0.15) is 11.4 Å². The quantitative estimate of drug-likeness (QED) is 0.688. The molecule has 0 radical (unpaired) electrons. The number of aromatic nitrogens is 1. The minimum Gasteiger partial charge on any atom is -0.349 e. The van der Waals surface area contributed by atoms with E-state index in [2.05, 4.69) is 20.9 Å². The number of rotatable bonds is 7. The van der Waals surface area contributed by atoms with E-state index in [-0.39, 0.29) is 23.2 Å². The largest absolute Gasteiger partial charge is 0.349 e. The number of hydrogen-bond donors (Lipinski definition) is 3. The van der Waals surface area contributed by atoms with Gasteiger partial charge in [-0.25, -0.2) is 4.98 Å². The predicted molar refractivity (Wildman–Crippen MR) is 104 cm³/mol. The Morgan fingerprint density at radius 2 is 1.44 bits per heavy atom. The highest BCUT2D eigenvalue weighted by atomic mass is 16.2. The summed E-state index contributed by atoms with van der Waals surface area (Å²) < 4.78 is 0. The number of carbonyl (C=O) groups is 3. The van der Waals surface area contributed by atoms with Crippen LogP contribution in [0.1, 0.15) is 27.9 Å². The number of carbonyl (C=O) groups excluding carboxylic acids is 3. The smallest absolute Gasteiger partial charge is 0.274 e. The maximum atomic E-state index is 12.4. The molecule has 1 aromatic heterocycles. The van der Waals surface area contributed by atoms with Crippen molar-refractivity contribution in [2.75, 3.05) is 37.8 Å². The summed E-state index contributed by atoms with van der Waals surface area (Å²) in [5.41, 5.74) is 1.51. The lowest BCUT2D eigenvalue weighted by Gasteiger charge is -2.10. The molecular formula is C19H23N5O3. The highest BCUT2D eigenvalue weighted by Crippen LogP contribution is 2.14. The summed E-state index contributed by atoms with van der Waals surface area (Å²) in [5, 5.41) is 8.12. The zero-order chi connectivity index (χ0) is 19.8. The van der Waals surface area contributed by atoms with E-state index in [0.29, 0.717) is 24.5 Å². The van der Waals surface area contributed by atoms with Crippen molar-refractivity contribution in [1.82, 2.24) is 15.2 Å². The van der Waals surface area contributed by atoms with E-state index in [4.69, 9.17) is 0 Å².